The van der Waals surface area contributed by atoms with Gasteiger partial charge in [-0.25, -0.2) is 0 Å². The first kappa shape index (κ1) is 13.1. The molecule has 0 aromatic rings. The number of hydrogen-bond donors (Lipinski definition) is 1. The van der Waals surface area contributed by atoms with E-state index in [4.69, 9.17) is 18.9 Å². The molecule has 0 fully saturated rings. The summed E-state index contributed by atoms with van der Waals surface area (Å²) in [4.78, 5) is 0. The van der Waals surface area contributed by atoms with E-state index < -0.39 is 7.60 Å². The monoisotopic (exact) mass is 212 g/mol. The molecule has 0 spiro atoms. The first-order valence-electron chi connectivity index (χ1n) is 4.09. The number of methoxy groups -OCH3 is 1. The van der Waals surface area contributed by atoms with Crippen LogP contribution in [0.25, 0.3) is 0 Å². The van der Waals surface area contributed by atoms with Gasteiger partial charge in [-0.15, -0.1) is 0 Å². The maximum Gasteiger partial charge on any atom is 0.327 e. The van der Waals surface area contributed by atoms with Gasteiger partial charge < -0.3 is 18.9 Å². The fraction of sp³-hybridized carbons (Fsp3) is 1.00. The van der Waals surface area contributed by atoms with Crippen LogP contribution in [-0.4, -0.2) is 45.3 Å². The molecule has 6 heteroatoms. The highest BCUT2D eigenvalue weighted by Gasteiger charge is 2.15. The Kier molecular flexibility index (Phi) is 7.51. The van der Waals surface area contributed by atoms with Crippen LogP contribution in [0.4, 0.5) is 0 Å². The molecule has 0 aromatic heterocycles. The van der Waals surface area contributed by atoms with Crippen molar-refractivity contribution in [2.24, 2.45) is 0 Å². The molecule has 5 nitrogen and oxygen atoms in total. The topological polar surface area (TPSA) is 65.0 Å². The van der Waals surface area contributed by atoms with Gasteiger partial charge in [-0.05, 0) is 6.42 Å². The van der Waals surface area contributed by atoms with Crippen molar-refractivity contribution in [3.8, 4) is 0 Å². The van der Waals surface area contributed by atoms with Crippen LogP contribution >= 0.6 is 7.60 Å². The number of rotatable bonds is 8. The summed E-state index contributed by atoms with van der Waals surface area (Å²) in [6, 6.07) is 0. The van der Waals surface area contributed by atoms with Gasteiger partial charge in [-0.1, -0.05) is 0 Å². The summed E-state index contributed by atoms with van der Waals surface area (Å²) in [6.07, 6.45) is 0.677. The zero-order chi connectivity index (χ0) is 10.2. The Labute approximate surface area is 78.5 Å². The third kappa shape index (κ3) is 8.40. The molecule has 0 radical (unpaired) electrons. The van der Waals surface area contributed by atoms with E-state index in [-0.39, 0.29) is 13.2 Å². The highest BCUT2D eigenvalue weighted by Crippen LogP contribution is 2.43. The van der Waals surface area contributed by atoms with Crippen molar-refractivity contribution in [3.05, 3.63) is 0 Å². The molecule has 0 amide bonds. The molecule has 0 aliphatic heterocycles. The number of ether oxygens (including phenoxy) is 1. The van der Waals surface area contributed by atoms with Crippen molar-refractivity contribution in [2.75, 3.05) is 40.2 Å². The molecule has 1 unspecified atom stereocenters. The van der Waals surface area contributed by atoms with Gasteiger partial charge in [0.15, 0.2) is 0 Å². The molecule has 1 N–H and O–H groups in total. The van der Waals surface area contributed by atoms with Crippen LogP contribution < -0.4 is 0 Å². The van der Waals surface area contributed by atoms with Crippen molar-refractivity contribution >= 4 is 7.60 Å². The Morgan fingerprint density at radius 1 is 1.23 bits per heavy atom. The lowest BCUT2D eigenvalue weighted by Crippen LogP contribution is -2.02. The van der Waals surface area contributed by atoms with Crippen LogP contribution in [0.1, 0.15) is 6.42 Å². The van der Waals surface area contributed by atoms with E-state index in [1.807, 2.05) is 0 Å². The van der Waals surface area contributed by atoms with E-state index in [2.05, 4.69) is 0 Å². The highest BCUT2D eigenvalue weighted by atomic mass is 31.2. The minimum Gasteiger partial charge on any atom is -0.394 e. The predicted octanol–water partition coefficient (Wildman–Crippen LogP) is 0.871. The average Bonchev–Trinajstić information content (AvgIpc) is 2.09. The molecule has 13 heavy (non-hydrogen) atoms. The lowest BCUT2D eigenvalue weighted by Gasteiger charge is -2.12. The Morgan fingerprint density at radius 3 is 2.38 bits per heavy atom. The Hall–Kier alpha value is 0.0700. The Balaban J connectivity index is 3.45. The third-order valence-electron chi connectivity index (χ3n) is 1.24. The molecule has 0 aliphatic rings. The van der Waals surface area contributed by atoms with Crippen LogP contribution in [0.5, 0.6) is 0 Å². The zero-order valence-corrected chi connectivity index (χ0v) is 8.96. The second-order valence-corrected chi connectivity index (χ2v) is 4.57. The highest BCUT2D eigenvalue weighted by molar-refractivity contribution is 7.52. The SMILES string of the molecule is COCCCOP(C)(=O)OCCO. The van der Waals surface area contributed by atoms with E-state index in [0.29, 0.717) is 19.6 Å². The Morgan fingerprint density at radius 2 is 1.85 bits per heavy atom. The van der Waals surface area contributed by atoms with Crippen molar-refractivity contribution in [2.45, 2.75) is 6.42 Å². The molecule has 0 bridgehead atoms. The van der Waals surface area contributed by atoms with Gasteiger partial charge in [0.05, 0.1) is 19.8 Å². The number of aliphatic hydroxyl groups excluding tert-OH is 1. The number of hydrogen-bond acceptors (Lipinski definition) is 5. The van der Waals surface area contributed by atoms with E-state index >= 15 is 0 Å². The summed E-state index contributed by atoms with van der Waals surface area (Å²) in [5, 5.41) is 8.42. The molecule has 0 aliphatic carbocycles. The van der Waals surface area contributed by atoms with Crippen LogP contribution in [0.15, 0.2) is 0 Å². The van der Waals surface area contributed by atoms with Gasteiger partial charge >= 0.3 is 7.60 Å². The van der Waals surface area contributed by atoms with Gasteiger partial charge in [-0.2, -0.15) is 0 Å². The summed E-state index contributed by atoms with van der Waals surface area (Å²) >= 11 is 0. The molecule has 0 saturated heterocycles. The second-order valence-electron chi connectivity index (χ2n) is 2.51. The minimum absolute atomic E-state index is 0.0397. The van der Waals surface area contributed by atoms with Crippen LogP contribution in [0.2, 0.25) is 0 Å². The standard InChI is InChI=1S/C7H17O5P/c1-10-5-3-6-11-13(2,9)12-7-4-8/h8H,3-7H2,1-2H3. The van der Waals surface area contributed by atoms with Crippen molar-refractivity contribution in [3.63, 3.8) is 0 Å². The fourth-order valence-corrected chi connectivity index (χ4v) is 1.63. The molecule has 0 saturated carbocycles. The average molecular weight is 212 g/mol. The van der Waals surface area contributed by atoms with E-state index in [9.17, 15) is 4.57 Å². The van der Waals surface area contributed by atoms with Crippen molar-refractivity contribution < 1.29 is 23.5 Å². The maximum absolute atomic E-state index is 11.3. The fourth-order valence-electron chi connectivity index (χ4n) is 0.678. The van der Waals surface area contributed by atoms with Crippen LogP contribution in [0.3, 0.4) is 0 Å². The normalized spacial score (nSPS) is 15.6. The van der Waals surface area contributed by atoms with E-state index in [1.165, 1.54) is 6.66 Å². The molecular formula is C7H17O5P. The molecular weight excluding hydrogens is 195 g/mol. The smallest absolute Gasteiger partial charge is 0.327 e. The predicted molar refractivity (Wildman–Crippen MR) is 49.0 cm³/mol. The molecule has 0 rings (SSSR count). The molecule has 0 aromatic carbocycles. The Bertz CT molecular complexity index is 161. The van der Waals surface area contributed by atoms with Gasteiger partial charge in [0, 0.05) is 20.4 Å². The second kappa shape index (κ2) is 7.47. The van der Waals surface area contributed by atoms with Gasteiger partial charge in [0.25, 0.3) is 0 Å². The maximum atomic E-state index is 11.3. The zero-order valence-electron chi connectivity index (χ0n) is 8.06. The minimum atomic E-state index is -2.96. The quantitative estimate of drug-likeness (QED) is 0.477. The van der Waals surface area contributed by atoms with Gasteiger partial charge in [0.1, 0.15) is 0 Å². The third-order valence-corrected chi connectivity index (χ3v) is 2.54. The van der Waals surface area contributed by atoms with Crippen LogP contribution in [-0.2, 0) is 18.3 Å². The molecule has 80 valence electrons. The largest absolute Gasteiger partial charge is 0.394 e. The lowest BCUT2D eigenvalue weighted by atomic mass is 10.5. The molecule has 0 heterocycles. The van der Waals surface area contributed by atoms with Crippen molar-refractivity contribution in [1.29, 1.82) is 0 Å². The van der Waals surface area contributed by atoms with Gasteiger partial charge in [-0.3, -0.25) is 4.57 Å². The van der Waals surface area contributed by atoms with Crippen molar-refractivity contribution in [1.82, 2.24) is 0 Å². The summed E-state index contributed by atoms with van der Waals surface area (Å²) < 4.78 is 25.9. The summed E-state index contributed by atoms with van der Waals surface area (Å²) in [7, 11) is -1.37. The first-order chi connectivity index (χ1) is 6.12. The summed E-state index contributed by atoms with van der Waals surface area (Å²) in [6.45, 7) is 2.18. The van der Waals surface area contributed by atoms with Gasteiger partial charge in [0.2, 0.25) is 0 Å². The molecule has 1 atom stereocenters. The van der Waals surface area contributed by atoms with E-state index in [1.54, 1.807) is 7.11 Å². The number of aliphatic hydroxyl groups is 1. The lowest BCUT2D eigenvalue weighted by molar-refractivity contribution is 0.144. The summed E-state index contributed by atoms with van der Waals surface area (Å²) in [5.41, 5.74) is 0. The first-order valence-corrected chi connectivity index (χ1v) is 6.08. The summed E-state index contributed by atoms with van der Waals surface area (Å²) in [5.74, 6) is 0. The van der Waals surface area contributed by atoms with Crippen LogP contribution in [0, 0.1) is 0 Å². The van der Waals surface area contributed by atoms with E-state index in [0.717, 1.165) is 0 Å².